The molecule has 2 heterocycles. The molecule has 1 saturated heterocycles. The standard InChI is InChI=1S/C18H22FNO4/c1-17(2,3)24-16(22)14-15(21)12-10-11(19)4-5-13(12)23-18(14)6-8-20-9-7-18/h4-5,10,14,20H,6-9H2,1-3H3. The van der Waals surface area contributed by atoms with Gasteiger partial charge in [0.2, 0.25) is 0 Å². The van der Waals surface area contributed by atoms with Crippen LogP contribution in [-0.2, 0) is 9.53 Å². The molecule has 1 spiro atoms. The Morgan fingerprint density at radius 2 is 2.00 bits per heavy atom. The lowest BCUT2D eigenvalue weighted by Gasteiger charge is -2.45. The predicted octanol–water partition coefficient (Wildman–Crippen LogP) is 2.48. The summed E-state index contributed by atoms with van der Waals surface area (Å²) in [5, 5.41) is 3.21. The minimum absolute atomic E-state index is 0.106. The molecule has 1 aromatic rings. The van der Waals surface area contributed by atoms with E-state index in [1.54, 1.807) is 20.8 Å². The molecule has 3 rings (SSSR count). The van der Waals surface area contributed by atoms with Crippen molar-refractivity contribution in [2.75, 3.05) is 13.1 Å². The smallest absolute Gasteiger partial charge is 0.321 e. The van der Waals surface area contributed by atoms with E-state index >= 15 is 0 Å². The molecule has 6 heteroatoms. The van der Waals surface area contributed by atoms with E-state index in [2.05, 4.69) is 5.32 Å². The highest BCUT2D eigenvalue weighted by Crippen LogP contribution is 2.43. The number of hydrogen-bond acceptors (Lipinski definition) is 5. The Balaban J connectivity index is 2.04. The van der Waals surface area contributed by atoms with Crippen molar-refractivity contribution in [3.8, 4) is 5.75 Å². The van der Waals surface area contributed by atoms with Gasteiger partial charge >= 0.3 is 5.97 Å². The summed E-state index contributed by atoms with van der Waals surface area (Å²) in [6.07, 6.45) is 1.03. The van der Waals surface area contributed by atoms with Crippen molar-refractivity contribution in [2.45, 2.75) is 44.8 Å². The lowest BCUT2D eigenvalue weighted by Crippen LogP contribution is -2.59. The van der Waals surface area contributed by atoms with Gasteiger partial charge in [0.05, 0.1) is 5.56 Å². The Morgan fingerprint density at radius 1 is 1.33 bits per heavy atom. The maximum Gasteiger partial charge on any atom is 0.321 e. The number of nitrogens with one attached hydrogen (secondary N) is 1. The summed E-state index contributed by atoms with van der Waals surface area (Å²) >= 11 is 0. The second kappa shape index (κ2) is 5.84. The van der Waals surface area contributed by atoms with Crippen LogP contribution in [0.1, 0.15) is 44.0 Å². The molecule has 0 saturated carbocycles. The summed E-state index contributed by atoms with van der Waals surface area (Å²) in [5.41, 5.74) is -1.54. The second-order valence-corrected chi connectivity index (χ2v) is 7.39. The van der Waals surface area contributed by atoms with Crippen LogP contribution in [0.2, 0.25) is 0 Å². The van der Waals surface area contributed by atoms with Gasteiger partial charge in [-0.25, -0.2) is 4.39 Å². The molecule has 130 valence electrons. The summed E-state index contributed by atoms with van der Waals surface area (Å²) < 4.78 is 25.1. The van der Waals surface area contributed by atoms with Gasteiger partial charge in [0.25, 0.3) is 0 Å². The fourth-order valence-electron chi connectivity index (χ4n) is 3.38. The van der Waals surface area contributed by atoms with E-state index in [0.29, 0.717) is 31.7 Å². The first-order chi connectivity index (χ1) is 11.2. The van der Waals surface area contributed by atoms with Gasteiger partial charge in [-0.3, -0.25) is 9.59 Å². The Morgan fingerprint density at radius 3 is 2.62 bits per heavy atom. The Labute approximate surface area is 140 Å². The van der Waals surface area contributed by atoms with E-state index in [1.165, 1.54) is 12.1 Å². The number of rotatable bonds is 1. The molecule has 0 aromatic heterocycles. The molecular weight excluding hydrogens is 313 g/mol. The molecule has 0 amide bonds. The molecule has 1 fully saturated rings. The number of hydrogen-bond donors (Lipinski definition) is 1. The minimum Gasteiger partial charge on any atom is -0.485 e. The monoisotopic (exact) mass is 335 g/mol. The number of ether oxygens (including phenoxy) is 2. The molecule has 0 aliphatic carbocycles. The number of Topliss-reactive ketones (excluding diaryl/α,β-unsaturated/α-hetero) is 1. The zero-order chi connectivity index (χ0) is 17.5. The quantitative estimate of drug-likeness (QED) is 0.631. The first kappa shape index (κ1) is 16.9. The largest absolute Gasteiger partial charge is 0.485 e. The minimum atomic E-state index is -1.08. The summed E-state index contributed by atoms with van der Waals surface area (Å²) in [6.45, 7) is 6.54. The van der Waals surface area contributed by atoms with Gasteiger partial charge in [-0.1, -0.05) is 0 Å². The Hall–Kier alpha value is -1.95. The number of carbonyl (C=O) groups excluding carboxylic acids is 2. The van der Waals surface area contributed by atoms with Crippen molar-refractivity contribution in [3.63, 3.8) is 0 Å². The highest BCUT2D eigenvalue weighted by molar-refractivity contribution is 6.12. The highest BCUT2D eigenvalue weighted by atomic mass is 19.1. The second-order valence-electron chi connectivity index (χ2n) is 7.39. The first-order valence-electron chi connectivity index (χ1n) is 8.18. The highest BCUT2D eigenvalue weighted by Gasteiger charge is 2.55. The average Bonchev–Trinajstić information content (AvgIpc) is 2.47. The van der Waals surface area contributed by atoms with Crippen LogP contribution in [0.3, 0.4) is 0 Å². The van der Waals surface area contributed by atoms with Gasteiger partial charge in [0, 0.05) is 12.8 Å². The van der Waals surface area contributed by atoms with Crippen molar-refractivity contribution in [3.05, 3.63) is 29.6 Å². The fraction of sp³-hybridized carbons (Fsp3) is 0.556. The zero-order valence-electron chi connectivity index (χ0n) is 14.1. The first-order valence-corrected chi connectivity index (χ1v) is 8.18. The van der Waals surface area contributed by atoms with Gasteiger partial charge in [0.15, 0.2) is 11.7 Å². The number of ketones is 1. The zero-order valence-corrected chi connectivity index (χ0v) is 14.1. The molecule has 2 aliphatic heterocycles. The third-order valence-electron chi connectivity index (χ3n) is 4.40. The van der Waals surface area contributed by atoms with Crippen LogP contribution < -0.4 is 10.1 Å². The number of carbonyl (C=O) groups is 2. The average molecular weight is 335 g/mol. The molecule has 1 atom stereocenters. The number of piperidine rings is 1. The van der Waals surface area contributed by atoms with Gasteiger partial charge in [-0.15, -0.1) is 0 Å². The molecule has 24 heavy (non-hydrogen) atoms. The summed E-state index contributed by atoms with van der Waals surface area (Å²) in [5.74, 6) is -2.30. The summed E-state index contributed by atoms with van der Waals surface area (Å²) in [7, 11) is 0. The number of halogens is 1. The van der Waals surface area contributed by atoms with E-state index in [-0.39, 0.29) is 5.56 Å². The van der Waals surface area contributed by atoms with Crippen molar-refractivity contribution < 1.29 is 23.5 Å². The van der Waals surface area contributed by atoms with Gasteiger partial charge in [-0.2, -0.15) is 0 Å². The molecule has 1 N–H and O–H groups in total. The van der Waals surface area contributed by atoms with Crippen LogP contribution in [0.4, 0.5) is 4.39 Å². The van der Waals surface area contributed by atoms with Crippen molar-refractivity contribution in [1.29, 1.82) is 0 Å². The SMILES string of the molecule is CC(C)(C)OC(=O)C1C(=O)c2cc(F)ccc2OC12CCNCC2. The van der Waals surface area contributed by atoms with Crippen LogP contribution in [0.15, 0.2) is 18.2 Å². The molecule has 0 radical (unpaired) electrons. The molecule has 1 aromatic carbocycles. The van der Waals surface area contributed by atoms with E-state index < -0.39 is 34.7 Å². The van der Waals surface area contributed by atoms with Gasteiger partial charge in [-0.05, 0) is 52.1 Å². The Bertz CT molecular complexity index is 674. The molecule has 0 bridgehead atoms. The fourth-order valence-corrected chi connectivity index (χ4v) is 3.38. The topological polar surface area (TPSA) is 64.6 Å². The third kappa shape index (κ3) is 3.02. The molecule has 1 unspecified atom stereocenters. The van der Waals surface area contributed by atoms with Crippen molar-refractivity contribution in [1.82, 2.24) is 5.32 Å². The number of esters is 1. The van der Waals surface area contributed by atoms with Gasteiger partial charge in [0.1, 0.15) is 22.8 Å². The maximum absolute atomic E-state index is 13.6. The van der Waals surface area contributed by atoms with Crippen LogP contribution >= 0.6 is 0 Å². The third-order valence-corrected chi connectivity index (χ3v) is 4.40. The van der Waals surface area contributed by atoms with Crippen molar-refractivity contribution >= 4 is 11.8 Å². The van der Waals surface area contributed by atoms with E-state index in [0.717, 1.165) is 6.07 Å². The number of benzene rings is 1. The molecule has 2 aliphatic rings. The van der Waals surface area contributed by atoms with Crippen molar-refractivity contribution in [2.24, 2.45) is 5.92 Å². The maximum atomic E-state index is 13.6. The molecular formula is C18H22FNO4. The lowest BCUT2D eigenvalue weighted by atomic mass is 9.73. The van der Waals surface area contributed by atoms with E-state index in [9.17, 15) is 14.0 Å². The Kier molecular flexibility index (Phi) is 4.11. The van der Waals surface area contributed by atoms with E-state index in [1.807, 2.05) is 0 Å². The lowest BCUT2D eigenvalue weighted by molar-refractivity contribution is -0.166. The van der Waals surface area contributed by atoms with Crippen LogP contribution in [0.25, 0.3) is 0 Å². The summed E-state index contributed by atoms with van der Waals surface area (Å²) in [6, 6.07) is 3.84. The number of fused-ring (bicyclic) bond motifs is 1. The van der Waals surface area contributed by atoms with E-state index in [4.69, 9.17) is 9.47 Å². The normalized spacial score (nSPS) is 22.7. The van der Waals surface area contributed by atoms with Crippen LogP contribution in [-0.4, -0.2) is 36.0 Å². The van der Waals surface area contributed by atoms with Crippen LogP contribution in [0.5, 0.6) is 5.75 Å². The molecule has 5 nitrogen and oxygen atoms in total. The van der Waals surface area contributed by atoms with Gasteiger partial charge < -0.3 is 14.8 Å². The summed E-state index contributed by atoms with van der Waals surface area (Å²) in [4.78, 5) is 25.8. The predicted molar refractivity (Wildman–Crippen MR) is 85.5 cm³/mol. The van der Waals surface area contributed by atoms with Crippen LogP contribution in [0, 0.1) is 11.7 Å².